The molecular weight excluding hydrogens is 268 g/mol. The number of methoxy groups -OCH3 is 1. The molecule has 0 heterocycles. The Morgan fingerprint density at radius 2 is 1.81 bits per heavy atom. The van der Waals surface area contributed by atoms with Gasteiger partial charge in [-0.3, -0.25) is 4.79 Å². The number of hydrogen-bond acceptors (Lipinski definition) is 3. The predicted octanol–water partition coefficient (Wildman–Crippen LogP) is 3.74. The molecule has 0 aromatic rings. The number of carbonyl (C=O) groups is 1. The van der Waals surface area contributed by atoms with Crippen LogP contribution in [0.25, 0.3) is 0 Å². The molecule has 0 aromatic heterocycles. The lowest BCUT2D eigenvalue weighted by Crippen LogP contribution is -2.38. The Hall–Kier alpha value is -0.610. The summed E-state index contributed by atoms with van der Waals surface area (Å²) in [4.78, 5) is 11.7. The van der Waals surface area contributed by atoms with E-state index in [0.717, 1.165) is 38.5 Å². The predicted molar refractivity (Wildman–Crippen MR) is 83.4 cm³/mol. The average molecular weight is 300 g/mol. The van der Waals surface area contributed by atoms with Crippen molar-refractivity contribution in [1.29, 1.82) is 0 Å². The van der Waals surface area contributed by atoms with Crippen LogP contribution in [0.3, 0.4) is 0 Å². The van der Waals surface area contributed by atoms with Crippen LogP contribution in [-0.2, 0) is 14.3 Å². The van der Waals surface area contributed by atoms with Crippen molar-refractivity contribution >= 4 is 5.97 Å². The summed E-state index contributed by atoms with van der Waals surface area (Å²) < 4.78 is 10.4. The van der Waals surface area contributed by atoms with Crippen LogP contribution in [0.15, 0.2) is 0 Å². The lowest BCUT2D eigenvalue weighted by molar-refractivity contribution is -0.153. The summed E-state index contributed by atoms with van der Waals surface area (Å²) in [6, 6.07) is 0. The van der Waals surface area contributed by atoms with Crippen LogP contribution < -0.4 is 0 Å². The second kappa shape index (κ2) is 8.14. The fourth-order valence-corrected chi connectivity index (χ4v) is 3.36. The third-order valence-electron chi connectivity index (χ3n) is 5.00. The van der Waals surface area contributed by atoms with Crippen LogP contribution in [0, 0.1) is 16.7 Å². The first kappa shape index (κ1) is 18.4. The number of carboxylic acid groups (broad SMARTS) is 1. The molecule has 4 nitrogen and oxygen atoms in total. The molecule has 0 radical (unpaired) electrons. The fourth-order valence-electron chi connectivity index (χ4n) is 3.36. The Bertz CT molecular complexity index is 311. The molecule has 0 spiro atoms. The number of ether oxygens (including phenoxy) is 2. The third-order valence-corrected chi connectivity index (χ3v) is 5.00. The maximum atomic E-state index is 11.7. The molecule has 1 saturated carbocycles. The minimum atomic E-state index is -0.619. The van der Waals surface area contributed by atoms with Gasteiger partial charge in [-0.1, -0.05) is 20.8 Å². The van der Waals surface area contributed by atoms with Crippen molar-refractivity contribution in [2.24, 2.45) is 16.7 Å². The molecule has 1 fully saturated rings. The van der Waals surface area contributed by atoms with Gasteiger partial charge in [-0.05, 0) is 49.9 Å². The highest BCUT2D eigenvalue weighted by molar-refractivity contribution is 5.74. The lowest BCUT2D eigenvalue weighted by Gasteiger charge is -2.42. The van der Waals surface area contributed by atoms with E-state index in [1.807, 2.05) is 0 Å². The van der Waals surface area contributed by atoms with Crippen LogP contribution in [-0.4, -0.2) is 38.0 Å². The van der Waals surface area contributed by atoms with E-state index < -0.39 is 11.4 Å². The van der Waals surface area contributed by atoms with Crippen molar-refractivity contribution in [2.75, 3.05) is 26.9 Å². The second-order valence-corrected chi connectivity index (χ2v) is 7.43. The van der Waals surface area contributed by atoms with E-state index in [0.29, 0.717) is 25.7 Å². The summed E-state index contributed by atoms with van der Waals surface area (Å²) in [6.45, 7) is 8.58. The van der Waals surface area contributed by atoms with Crippen LogP contribution >= 0.6 is 0 Å². The van der Waals surface area contributed by atoms with Gasteiger partial charge in [0.15, 0.2) is 0 Å². The summed E-state index contributed by atoms with van der Waals surface area (Å²) in [7, 11) is 1.65. The van der Waals surface area contributed by atoms with E-state index >= 15 is 0 Å². The van der Waals surface area contributed by atoms with Gasteiger partial charge in [0.05, 0.1) is 18.6 Å². The normalized spacial score (nSPS) is 26.8. The highest BCUT2D eigenvalue weighted by Gasteiger charge is 2.43. The monoisotopic (exact) mass is 300 g/mol. The van der Waals surface area contributed by atoms with Gasteiger partial charge in [0.1, 0.15) is 0 Å². The summed E-state index contributed by atoms with van der Waals surface area (Å²) in [5, 5.41) is 9.66. The zero-order valence-electron chi connectivity index (χ0n) is 14.1. The molecule has 1 aliphatic carbocycles. The smallest absolute Gasteiger partial charge is 0.309 e. The highest BCUT2D eigenvalue weighted by atomic mass is 16.5. The lowest BCUT2D eigenvalue weighted by atomic mass is 9.63. The first-order valence-corrected chi connectivity index (χ1v) is 8.12. The van der Waals surface area contributed by atoms with E-state index in [9.17, 15) is 9.90 Å². The molecule has 0 unspecified atom stereocenters. The SMILES string of the molecule is COCCOCCCC1(C(=O)O)CCC(C(C)(C)C)CC1. The summed E-state index contributed by atoms with van der Waals surface area (Å²) >= 11 is 0. The van der Waals surface area contributed by atoms with Crippen molar-refractivity contribution < 1.29 is 19.4 Å². The van der Waals surface area contributed by atoms with Crippen LogP contribution in [0.2, 0.25) is 0 Å². The van der Waals surface area contributed by atoms with E-state index in [4.69, 9.17) is 9.47 Å². The molecule has 0 atom stereocenters. The molecule has 1 rings (SSSR count). The van der Waals surface area contributed by atoms with E-state index in [-0.39, 0.29) is 5.41 Å². The number of carboxylic acids is 1. The molecule has 124 valence electrons. The van der Waals surface area contributed by atoms with Crippen LogP contribution in [0.1, 0.15) is 59.3 Å². The molecule has 21 heavy (non-hydrogen) atoms. The Labute approximate surface area is 129 Å². The zero-order chi connectivity index (χ0) is 15.9. The first-order chi connectivity index (χ1) is 9.82. The third kappa shape index (κ3) is 5.59. The maximum absolute atomic E-state index is 11.7. The van der Waals surface area contributed by atoms with Gasteiger partial charge in [0, 0.05) is 13.7 Å². The minimum absolute atomic E-state index is 0.286. The van der Waals surface area contributed by atoms with Crippen molar-refractivity contribution in [1.82, 2.24) is 0 Å². The standard InChI is InChI=1S/C17H32O4/c1-16(2,3)14-6-9-17(10-7-14,15(18)19)8-5-11-21-13-12-20-4/h14H,5-13H2,1-4H3,(H,18,19). The Morgan fingerprint density at radius 1 is 1.19 bits per heavy atom. The number of hydrogen-bond donors (Lipinski definition) is 1. The van der Waals surface area contributed by atoms with Crippen molar-refractivity contribution in [2.45, 2.75) is 59.3 Å². The maximum Gasteiger partial charge on any atom is 0.309 e. The topological polar surface area (TPSA) is 55.8 Å². The Morgan fingerprint density at radius 3 is 2.29 bits per heavy atom. The quantitative estimate of drug-likeness (QED) is 0.694. The summed E-state index contributed by atoms with van der Waals surface area (Å²) in [5.74, 6) is 0.0229. The molecule has 0 aromatic carbocycles. The molecule has 1 aliphatic rings. The van der Waals surface area contributed by atoms with E-state index in [1.54, 1.807) is 7.11 Å². The first-order valence-electron chi connectivity index (χ1n) is 8.12. The van der Waals surface area contributed by atoms with Gasteiger partial charge in [0.25, 0.3) is 0 Å². The molecule has 1 N–H and O–H groups in total. The molecule has 0 amide bonds. The number of rotatable bonds is 8. The molecule has 4 heteroatoms. The highest BCUT2D eigenvalue weighted by Crippen LogP contribution is 2.47. The Balaban J connectivity index is 2.41. The second-order valence-electron chi connectivity index (χ2n) is 7.43. The molecular formula is C17H32O4. The fraction of sp³-hybridized carbons (Fsp3) is 0.941. The molecule has 0 saturated heterocycles. The van der Waals surface area contributed by atoms with Crippen molar-refractivity contribution in [3.63, 3.8) is 0 Å². The number of aliphatic carboxylic acids is 1. The van der Waals surface area contributed by atoms with Crippen LogP contribution in [0.5, 0.6) is 0 Å². The Kier molecular flexibility index (Phi) is 7.14. The average Bonchev–Trinajstić information content (AvgIpc) is 2.42. The summed E-state index contributed by atoms with van der Waals surface area (Å²) in [6.07, 6.45) is 5.22. The van der Waals surface area contributed by atoms with Crippen molar-refractivity contribution in [3.05, 3.63) is 0 Å². The molecule has 0 bridgehead atoms. The molecule has 0 aliphatic heterocycles. The van der Waals surface area contributed by atoms with E-state index in [2.05, 4.69) is 20.8 Å². The zero-order valence-corrected chi connectivity index (χ0v) is 14.1. The minimum Gasteiger partial charge on any atom is -0.481 e. The van der Waals surface area contributed by atoms with Gasteiger partial charge in [0.2, 0.25) is 0 Å². The van der Waals surface area contributed by atoms with Crippen molar-refractivity contribution in [3.8, 4) is 0 Å². The van der Waals surface area contributed by atoms with Gasteiger partial charge in [-0.25, -0.2) is 0 Å². The van der Waals surface area contributed by atoms with Gasteiger partial charge in [-0.2, -0.15) is 0 Å². The largest absolute Gasteiger partial charge is 0.481 e. The van der Waals surface area contributed by atoms with Gasteiger partial charge < -0.3 is 14.6 Å². The van der Waals surface area contributed by atoms with Gasteiger partial charge >= 0.3 is 5.97 Å². The summed E-state index contributed by atoms with van der Waals surface area (Å²) in [5.41, 5.74) is -0.236. The van der Waals surface area contributed by atoms with Crippen LogP contribution in [0.4, 0.5) is 0 Å². The van der Waals surface area contributed by atoms with Gasteiger partial charge in [-0.15, -0.1) is 0 Å². The van der Waals surface area contributed by atoms with E-state index in [1.165, 1.54) is 0 Å².